The predicted octanol–water partition coefficient (Wildman–Crippen LogP) is 6.92. The van der Waals surface area contributed by atoms with Gasteiger partial charge in [-0.05, 0) is 78.7 Å². The third-order valence-corrected chi connectivity index (χ3v) is 7.70. The van der Waals surface area contributed by atoms with Gasteiger partial charge in [-0.15, -0.1) is 0 Å². The molecule has 1 aromatic heterocycles. The molecule has 0 fully saturated rings. The number of carbonyl (C=O) groups is 2. The van der Waals surface area contributed by atoms with E-state index in [2.05, 4.69) is 16.8 Å². The highest BCUT2D eigenvalue weighted by Crippen LogP contribution is 2.35. The molecular weight excluding hydrogens is 510 g/mol. The summed E-state index contributed by atoms with van der Waals surface area (Å²) in [7, 11) is 0. The van der Waals surface area contributed by atoms with Gasteiger partial charge in [0.2, 0.25) is 5.91 Å². The van der Waals surface area contributed by atoms with E-state index in [1.165, 1.54) is 0 Å². The number of rotatable bonds is 7. The van der Waals surface area contributed by atoms with Gasteiger partial charge in [0.25, 0.3) is 5.91 Å². The molecule has 5 aromatic rings. The van der Waals surface area contributed by atoms with Crippen LogP contribution < -0.4 is 4.74 Å². The number of nitrogens with zero attached hydrogens (tertiary/aromatic N) is 3. The fraction of sp³-hybridized carbons (Fsp3) is 0.200. The third-order valence-electron chi connectivity index (χ3n) is 7.70. The maximum absolute atomic E-state index is 14.0. The van der Waals surface area contributed by atoms with Gasteiger partial charge in [0.05, 0.1) is 6.04 Å². The van der Waals surface area contributed by atoms with Crippen molar-refractivity contribution < 1.29 is 14.3 Å². The van der Waals surface area contributed by atoms with E-state index in [1.807, 2.05) is 122 Å². The predicted molar refractivity (Wildman–Crippen MR) is 161 cm³/mol. The standard InChI is InChI=1S/C35H33N3O3/c1-25(2)38(35(40)29-18-17-26-10-6-7-11-27(26)22-29)24-33(39)37-21-20-36-19-9-16-32(36)34(37)28-12-8-15-31(23-28)41-30-13-4-3-5-14-30/h3-19,22-23,25,34H,20-21,24H2,1-2H3/t34-/m1/s1. The highest BCUT2D eigenvalue weighted by molar-refractivity contribution is 6.00. The molecule has 4 aromatic carbocycles. The summed E-state index contributed by atoms with van der Waals surface area (Å²) in [5.41, 5.74) is 2.59. The number of hydrogen-bond acceptors (Lipinski definition) is 3. The van der Waals surface area contributed by atoms with Crippen LogP contribution in [0.5, 0.6) is 11.5 Å². The first-order valence-electron chi connectivity index (χ1n) is 14.0. The molecule has 2 heterocycles. The lowest BCUT2D eigenvalue weighted by Crippen LogP contribution is -2.49. The number of carbonyl (C=O) groups excluding carboxylic acids is 2. The van der Waals surface area contributed by atoms with Crippen molar-refractivity contribution in [1.29, 1.82) is 0 Å². The summed E-state index contributed by atoms with van der Waals surface area (Å²) in [6.07, 6.45) is 2.05. The second kappa shape index (κ2) is 11.3. The smallest absolute Gasteiger partial charge is 0.254 e. The third kappa shape index (κ3) is 5.46. The molecular formula is C35H33N3O3. The Morgan fingerprint density at radius 2 is 1.56 bits per heavy atom. The number of amides is 2. The molecule has 0 bridgehead atoms. The maximum Gasteiger partial charge on any atom is 0.254 e. The van der Waals surface area contributed by atoms with Crippen LogP contribution in [-0.2, 0) is 11.3 Å². The Kier molecular flexibility index (Phi) is 7.30. The summed E-state index contributed by atoms with van der Waals surface area (Å²) in [5, 5.41) is 2.08. The molecule has 41 heavy (non-hydrogen) atoms. The molecule has 1 aliphatic rings. The number of fused-ring (bicyclic) bond motifs is 2. The van der Waals surface area contributed by atoms with Gasteiger partial charge >= 0.3 is 0 Å². The monoisotopic (exact) mass is 543 g/mol. The summed E-state index contributed by atoms with van der Waals surface area (Å²) in [4.78, 5) is 31.3. The average molecular weight is 544 g/mol. The van der Waals surface area contributed by atoms with E-state index in [0.29, 0.717) is 24.4 Å². The lowest BCUT2D eigenvalue weighted by Gasteiger charge is -2.39. The first-order chi connectivity index (χ1) is 20.0. The first kappa shape index (κ1) is 26.4. The first-order valence-corrected chi connectivity index (χ1v) is 14.0. The second-order valence-electron chi connectivity index (χ2n) is 10.7. The molecule has 2 amide bonds. The van der Waals surface area contributed by atoms with Crippen LogP contribution in [0.4, 0.5) is 0 Å². The van der Waals surface area contributed by atoms with Gasteiger partial charge in [0, 0.05) is 36.6 Å². The summed E-state index contributed by atoms with van der Waals surface area (Å²) in [5.74, 6) is 1.23. The Hall–Kier alpha value is -4.84. The molecule has 0 saturated heterocycles. The minimum atomic E-state index is -0.296. The van der Waals surface area contributed by atoms with Crippen molar-refractivity contribution in [3.05, 3.63) is 132 Å². The van der Waals surface area contributed by atoms with Crippen LogP contribution in [-0.4, -0.2) is 45.3 Å². The number of hydrogen-bond donors (Lipinski definition) is 0. The van der Waals surface area contributed by atoms with Crippen molar-refractivity contribution in [3.63, 3.8) is 0 Å². The molecule has 0 spiro atoms. The Morgan fingerprint density at radius 3 is 2.37 bits per heavy atom. The van der Waals surface area contributed by atoms with Gasteiger partial charge in [-0.2, -0.15) is 0 Å². The summed E-state index contributed by atoms with van der Waals surface area (Å²) >= 11 is 0. The molecule has 1 atom stereocenters. The number of ether oxygens (including phenoxy) is 1. The van der Waals surface area contributed by atoms with E-state index in [9.17, 15) is 9.59 Å². The molecule has 6 rings (SSSR count). The van der Waals surface area contributed by atoms with Crippen LogP contribution in [0.3, 0.4) is 0 Å². The Bertz CT molecular complexity index is 1690. The lowest BCUT2D eigenvalue weighted by atomic mass is 9.99. The number of para-hydroxylation sites is 1. The van der Waals surface area contributed by atoms with Crippen LogP contribution in [0.25, 0.3) is 10.8 Å². The quantitative estimate of drug-likeness (QED) is 0.224. The largest absolute Gasteiger partial charge is 0.457 e. The van der Waals surface area contributed by atoms with Gasteiger partial charge in [-0.3, -0.25) is 9.59 Å². The number of benzene rings is 4. The van der Waals surface area contributed by atoms with Gasteiger partial charge in [0.15, 0.2) is 0 Å². The molecule has 1 aliphatic heterocycles. The van der Waals surface area contributed by atoms with Crippen LogP contribution in [0, 0.1) is 0 Å². The van der Waals surface area contributed by atoms with E-state index in [1.54, 1.807) is 4.90 Å². The van der Waals surface area contributed by atoms with Gasteiger partial charge < -0.3 is 19.1 Å². The van der Waals surface area contributed by atoms with Crippen molar-refractivity contribution in [3.8, 4) is 11.5 Å². The zero-order chi connectivity index (χ0) is 28.3. The molecule has 6 heteroatoms. The molecule has 6 nitrogen and oxygen atoms in total. The van der Waals surface area contributed by atoms with Gasteiger partial charge in [-0.1, -0.05) is 60.7 Å². The van der Waals surface area contributed by atoms with Crippen molar-refractivity contribution >= 4 is 22.6 Å². The molecule has 0 saturated carbocycles. The molecule has 0 unspecified atom stereocenters. The zero-order valence-electron chi connectivity index (χ0n) is 23.3. The molecule has 0 N–H and O–H groups in total. The lowest BCUT2D eigenvalue weighted by molar-refractivity contribution is -0.135. The van der Waals surface area contributed by atoms with Crippen LogP contribution in [0.1, 0.15) is 41.5 Å². The Labute approximate surface area is 240 Å². The van der Waals surface area contributed by atoms with Crippen molar-refractivity contribution in [1.82, 2.24) is 14.4 Å². The summed E-state index contributed by atoms with van der Waals surface area (Å²) in [6, 6.07) is 34.9. The normalized spacial score (nSPS) is 14.6. The van der Waals surface area contributed by atoms with Crippen LogP contribution in [0.15, 0.2) is 115 Å². The fourth-order valence-electron chi connectivity index (χ4n) is 5.59. The van der Waals surface area contributed by atoms with Crippen molar-refractivity contribution in [2.45, 2.75) is 32.5 Å². The fourth-order valence-corrected chi connectivity index (χ4v) is 5.59. The SMILES string of the molecule is CC(C)N(CC(=O)N1CCn2cccc2[C@H]1c1cccc(Oc2ccccc2)c1)C(=O)c1ccc2ccccc2c1. The topological polar surface area (TPSA) is 54.8 Å². The molecule has 0 aliphatic carbocycles. The number of aromatic nitrogens is 1. The van der Waals surface area contributed by atoms with E-state index >= 15 is 0 Å². The van der Waals surface area contributed by atoms with E-state index in [0.717, 1.165) is 27.8 Å². The van der Waals surface area contributed by atoms with Crippen LogP contribution in [0.2, 0.25) is 0 Å². The van der Waals surface area contributed by atoms with E-state index in [-0.39, 0.29) is 30.4 Å². The van der Waals surface area contributed by atoms with E-state index in [4.69, 9.17) is 4.74 Å². The zero-order valence-corrected chi connectivity index (χ0v) is 23.3. The maximum atomic E-state index is 14.0. The molecule has 206 valence electrons. The summed E-state index contributed by atoms with van der Waals surface area (Å²) in [6.45, 7) is 5.15. The summed E-state index contributed by atoms with van der Waals surface area (Å²) < 4.78 is 8.31. The van der Waals surface area contributed by atoms with Gasteiger partial charge in [0.1, 0.15) is 18.0 Å². The highest BCUT2D eigenvalue weighted by atomic mass is 16.5. The highest BCUT2D eigenvalue weighted by Gasteiger charge is 2.34. The average Bonchev–Trinajstić information content (AvgIpc) is 3.48. The Balaban J connectivity index is 1.28. The van der Waals surface area contributed by atoms with Gasteiger partial charge in [-0.25, -0.2) is 0 Å². The van der Waals surface area contributed by atoms with Crippen molar-refractivity contribution in [2.75, 3.05) is 13.1 Å². The Morgan fingerprint density at radius 1 is 0.805 bits per heavy atom. The van der Waals surface area contributed by atoms with Crippen LogP contribution >= 0.6 is 0 Å². The molecule has 0 radical (unpaired) electrons. The second-order valence-corrected chi connectivity index (χ2v) is 10.7. The van der Waals surface area contributed by atoms with E-state index < -0.39 is 0 Å². The minimum Gasteiger partial charge on any atom is -0.457 e. The minimum absolute atomic E-state index is 0.000736. The van der Waals surface area contributed by atoms with Crippen molar-refractivity contribution in [2.24, 2.45) is 0 Å².